The first-order chi connectivity index (χ1) is 20.2. The summed E-state index contributed by atoms with van der Waals surface area (Å²) < 4.78 is 18.8. The first-order valence-corrected chi connectivity index (χ1v) is 14.8. The zero-order chi connectivity index (χ0) is 30.1. The van der Waals surface area contributed by atoms with E-state index in [1.54, 1.807) is 0 Å². The van der Waals surface area contributed by atoms with E-state index in [-0.39, 0.29) is 44.0 Å². The van der Waals surface area contributed by atoms with Gasteiger partial charge in [-0.25, -0.2) is 4.39 Å². The largest absolute Gasteiger partial charge is 0.484 e. The Morgan fingerprint density at radius 3 is 2.55 bits per heavy atom. The van der Waals surface area contributed by atoms with Crippen LogP contribution >= 0.6 is 0 Å². The molecule has 226 valence electrons. The smallest absolute Gasteiger partial charge is 0.260 e. The molecular formula is C32H41FN4O5. The fourth-order valence-electron chi connectivity index (χ4n) is 5.52. The van der Waals surface area contributed by atoms with Gasteiger partial charge in [-0.05, 0) is 79.8 Å². The van der Waals surface area contributed by atoms with E-state index in [2.05, 4.69) is 10.6 Å². The average molecular weight is 581 g/mol. The molecule has 1 aliphatic heterocycles. The molecule has 0 saturated carbocycles. The van der Waals surface area contributed by atoms with Crippen LogP contribution in [0.3, 0.4) is 0 Å². The van der Waals surface area contributed by atoms with E-state index in [4.69, 9.17) is 4.74 Å². The second-order valence-corrected chi connectivity index (χ2v) is 11.5. The maximum Gasteiger partial charge on any atom is 0.260 e. The molecule has 2 aliphatic rings. The summed E-state index contributed by atoms with van der Waals surface area (Å²) in [6.45, 7) is 4.32. The Morgan fingerprint density at radius 1 is 1.02 bits per heavy atom. The van der Waals surface area contributed by atoms with Gasteiger partial charge in [0.2, 0.25) is 17.7 Å². The summed E-state index contributed by atoms with van der Waals surface area (Å²) in [6.07, 6.45) is 3.85. The van der Waals surface area contributed by atoms with E-state index < -0.39 is 23.2 Å². The fraction of sp³-hybridized carbons (Fsp3) is 0.500. The van der Waals surface area contributed by atoms with Crippen molar-refractivity contribution >= 4 is 23.6 Å². The van der Waals surface area contributed by atoms with Crippen LogP contribution < -0.4 is 15.4 Å². The van der Waals surface area contributed by atoms with Crippen LogP contribution in [0.4, 0.5) is 4.39 Å². The van der Waals surface area contributed by atoms with Crippen LogP contribution in [0.25, 0.3) is 0 Å². The molecule has 2 aromatic rings. The second kappa shape index (κ2) is 14.3. The van der Waals surface area contributed by atoms with E-state index in [1.165, 1.54) is 34.1 Å². The zero-order valence-corrected chi connectivity index (χ0v) is 24.5. The van der Waals surface area contributed by atoms with E-state index in [1.807, 2.05) is 38.1 Å². The SMILES string of the molecule is CC(C)CCN1CC(=O)NC2(CCCc3ccccc32)C(=O)NCCCCN(C(=O)COc2ccc(F)cc2)CC1=O. The van der Waals surface area contributed by atoms with Crippen LogP contribution in [-0.4, -0.2) is 72.8 Å². The lowest BCUT2D eigenvalue weighted by molar-refractivity contribution is -0.144. The molecule has 0 bridgehead atoms. The number of hydrogen-bond donors (Lipinski definition) is 2. The molecule has 1 aliphatic carbocycles. The molecule has 2 aromatic carbocycles. The molecule has 1 fully saturated rings. The minimum Gasteiger partial charge on any atom is -0.484 e. The average Bonchev–Trinajstić information content (AvgIpc) is 2.97. The van der Waals surface area contributed by atoms with Gasteiger partial charge in [-0.1, -0.05) is 38.1 Å². The maximum atomic E-state index is 13.7. The van der Waals surface area contributed by atoms with Crippen LogP contribution in [0.1, 0.15) is 57.1 Å². The molecule has 42 heavy (non-hydrogen) atoms. The van der Waals surface area contributed by atoms with Gasteiger partial charge >= 0.3 is 0 Å². The number of rotatable bonds is 6. The highest BCUT2D eigenvalue weighted by atomic mass is 19.1. The highest BCUT2D eigenvalue weighted by Gasteiger charge is 2.44. The number of hydrogen-bond acceptors (Lipinski definition) is 5. The lowest BCUT2D eigenvalue weighted by atomic mass is 9.75. The molecule has 1 heterocycles. The summed E-state index contributed by atoms with van der Waals surface area (Å²) in [5.41, 5.74) is 0.625. The minimum atomic E-state index is -1.21. The van der Waals surface area contributed by atoms with Crippen molar-refractivity contribution in [1.82, 2.24) is 20.4 Å². The van der Waals surface area contributed by atoms with Crippen molar-refractivity contribution in [3.05, 3.63) is 65.5 Å². The number of benzene rings is 2. The molecule has 10 heteroatoms. The third-order valence-electron chi connectivity index (χ3n) is 7.87. The standard InChI is InChI=1S/C32H41FN4O5/c1-23(2)15-19-37-20-28(38)35-32(16-7-9-24-8-3-4-10-27(24)32)31(41)34-17-5-6-18-36(21-29(37)39)30(40)22-42-26-13-11-25(33)12-14-26/h3-4,8,10-14,23H,5-7,9,15-22H2,1-2H3,(H,34,41)(H,35,38). The summed E-state index contributed by atoms with van der Waals surface area (Å²) in [4.78, 5) is 56.9. The Kier molecular flexibility index (Phi) is 10.5. The number of halogens is 1. The van der Waals surface area contributed by atoms with Gasteiger partial charge in [-0.15, -0.1) is 0 Å². The Hall–Kier alpha value is -3.95. The number of ether oxygens (including phenoxy) is 1. The third kappa shape index (κ3) is 7.86. The molecule has 1 unspecified atom stereocenters. The quantitative estimate of drug-likeness (QED) is 0.546. The van der Waals surface area contributed by atoms with Crippen LogP contribution in [-0.2, 0) is 31.1 Å². The summed E-state index contributed by atoms with van der Waals surface area (Å²) in [5, 5.41) is 6.06. The molecule has 2 N–H and O–H groups in total. The van der Waals surface area contributed by atoms with Crippen molar-refractivity contribution in [2.75, 3.05) is 39.3 Å². The van der Waals surface area contributed by atoms with Gasteiger partial charge in [0, 0.05) is 19.6 Å². The van der Waals surface area contributed by atoms with Crippen molar-refractivity contribution in [2.45, 2.75) is 57.9 Å². The van der Waals surface area contributed by atoms with Gasteiger partial charge in [-0.2, -0.15) is 0 Å². The molecule has 4 amide bonds. The Labute approximate surface area is 246 Å². The van der Waals surface area contributed by atoms with E-state index in [0.717, 1.165) is 24.0 Å². The van der Waals surface area contributed by atoms with Gasteiger partial charge < -0.3 is 25.2 Å². The number of aryl methyl sites for hydroxylation is 1. The highest BCUT2D eigenvalue weighted by molar-refractivity contribution is 5.95. The molecular weight excluding hydrogens is 539 g/mol. The van der Waals surface area contributed by atoms with E-state index >= 15 is 0 Å². The lowest BCUT2D eigenvalue weighted by Crippen LogP contribution is -2.60. The second-order valence-electron chi connectivity index (χ2n) is 11.5. The number of amides is 4. The summed E-state index contributed by atoms with van der Waals surface area (Å²) in [6, 6.07) is 13.1. The van der Waals surface area contributed by atoms with E-state index in [0.29, 0.717) is 44.5 Å². The maximum absolute atomic E-state index is 13.7. The third-order valence-corrected chi connectivity index (χ3v) is 7.87. The number of carbonyl (C=O) groups is 4. The van der Waals surface area contributed by atoms with Crippen molar-refractivity contribution in [3.63, 3.8) is 0 Å². The number of carbonyl (C=O) groups excluding carboxylic acids is 4. The summed E-state index contributed by atoms with van der Waals surface area (Å²) >= 11 is 0. The van der Waals surface area contributed by atoms with E-state index in [9.17, 15) is 23.6 Å². The number of fused-ring (bicyclic) bond motifs is 2. The summed E-state index contributed by atoms with van der Waals surface area (Å²) in [5.74, 6) is -1.21. The topological polar surface area (TPSA) is 108 Å². The minimum absolute atomic E-state index is 0.197. The Balaban J connectivity index is 1.54. The van der Waals surface area contributed by atoms with Crippen molar-refractivity contribution < 1.29 is 28.3 Å². The first-order valence-electron chi connectivity index (χ1n) is 14.8. The molecule has 4 rings (SSSR count). The van der Waals surface area contributed by atoms with Crippen LogP contribution in [0.15, 0.2) is 48.5 Å². The van der Waals surface area contributed by atoms with Gasteiger partial charge in [0.15, 0.2) is 6.61 Å². The van der Waals surface area contributed by atoms with Crippen LogP contribution in [0, 0.1) is 11.7 Å². The monoisotopic (exact) mass is 580 g/mol. The predicted molar refractivity (Wildman–Crippen MR) is 156 cm³/mol. The molecule has 1 atom stereocenters. The van der Waals surface area contributed by atoms with Gasteiger partial charge in [-0.3, -0.25) is 19.2 Å². The Bertz CT molecular complexity index is 1270. The molecule has 1 saturated heterocycles. The molecule has 1 spiro atoms. The van der Waals surface area contributed by atoms with Crippen molar-refractivity contribution in [3.8, 4) is 5.75 Å². The first kappa shape index (κ1) is 31.0. The predicted octanol–water partition coefficient (Wildman–Crippen LogP) is 3.17. The molecule has 0 radical (unpaired) electrons. The van der Waals surface area contributed by atoms with Gasteiger partial charge in [0.05, 0.1) is 13.1 Å². The van der Waals surface area contributed by atoms with Crippen LogP contribution in [0.5, 0.6) is 5.75 Å². The van der Waals surface area contributed by atoms with Crippen LogP contribution in [0.2, 0.25) is 0 Å². The van der Waals surface area contributed by atoms with Gasteiger partial charge in [0.1, 0.15) is 17.1 Å². The van der Waals surface area contributed by atoms with Crippen molar-refractivity contribution in [1.29, 1.82) is 0 Å². The number of nitrogens with one attached hydrogen (secondary N) is 2. The highest BCUT2D eigenvalue weighted by Crippen LogP contribution is 2.36. The Morgan fingerprint density at radius 2 is 1.79 bits per heavy atom. The molecule has 0 aromatic heterocycles. The molecule has 9 nitrogen and oxygen atoms in total. The normalized spacial score (nSPS) is 20.5. The summed E-state index contributed by atoms with van der Waals surface area (Å²) in [7, 11) is 0. The fourth-order valence-corrected chi connectivity index (χ4v) is 5.52. The zero-order valence-electron chi connectivity index (χ0n) is 24.5. The lowest BCUT2D eigenvalue weighted by Gasteiger charge is -2.39. The number of nitrogens with zero attached hydrogens (tertiary/aromatic N) is 2. The van der Waals surface area contributed by atoms with Crippen molar-refractivity contribution in [2.24, 2.45) is 5.92 Å². The van der Waals surface area contributed by atoms with Gasteiger partial charge in [0.25, 0.3) is 5.91 Å².